The van der Waals surface area contributed by atoms with Crippen LogP contribution in [0.1, 0.15) is 0 Å². The van der Waals surface area contributed by atoms with Crippen LogP contribution < -0.4 is 16.0 Å². The number of nitrogens with one attached hydrogen (secondary N) is 3. The van der Waals surface area contributed by atoms with Crippen LogP contribution >= 0.6 is 11.6 Å². The maximum atomic E-state index is 10.9. The lowest BCUT2D eigenvalue weighted by Crippen LogP contribution is -2.44. The highest BCUT2D eigenvalue weighted by molar-refractivity contribution is 6.32. The van der Waals surface area contributed by atoms with Crippen molar-refractivity contribution < 1.29 is 19.4 Å². The second-order valence-corrected chi connectivity index (χ2v) is 6.73. The number of carboxylic acid groups (broad SMARTS) is 1. The topological polar surface area (TPSA) is 135 Å². The summed E-state index contributed by atoms with van der Waals surface area (Å²) < 4.78 is 13.1. The van der Waals surface area contributed by atoms with Crippen molar-refractivity contribution in [3.8, 4) is 0 Å². The first kappa shape index (κ1) is 17.8. The molecule has 0 saturated carbocycles. The number of hydrogen-bond donors (Lipinski definition) is 4. The Hall–Kier alpha value is -2.63. The van der Waals surface area contributed by atoms with Gasteiger partial charge in [-0.1, -0.05) is 11.6 Å². The zero-order valence-corrected chi connectivity index (χ0v) is 15.1. The van der Waals surface area contributed by atoms with E-state index in [9.17, 15) is 4.79 Å². The summed E-state index contributed by atoms with van der Waals surface area (Å²) in [5, 5.41) is 22.0. The number of aromatic nitrogens is 4. The molecule has 4 rings (SSSR count). The number of nitrogens with zero attached hydrogens (tertiary/aromatic N) is 4. The minimum Gasteiger partial charge on any atom is -0.465 e. The first-order chi connectivity index (χ1) is 13.0. The van der Waals surface area contributed by atoms with E-state index >= 15 is 0 Å². The van der Waals surface area contributed by atoms with Crippen LogP contribution in [0.3, 0.4) is 0 Å². The zero-order chi connectivity index (χ0) is 19.0. The first-order valence-electron chi connectivity index (χ1n) is 8.27. The smallest absolute Gasteiger partial charge is 0.405 e. The minimum atomic E-state index is -1.10. The third-order valence-electron chi connectivity index (χ3n) is 4.39. The normalized spacial score (nSPS) is 26.6. The quantitative estimate of drug-likeness (QED) is 0.580. The molecule has 0 spiro atoms. The molecule has 4 N–H and O–H groups in total. The van der Waals surface area contributed by atoms with Crippen LogP contribution in [0.15, 0.2) is 18.6 Å². The summed E-state index contributed by atoms with van der Waals surface area (Å²) >= 11 is 6.22. The molecule has 27 heavy (non-hydrogen) atoms. The number of ether oxygens (including phenoxy) is 2. The molecule has 4 heterocycles. The van der Waals surface area contributed by atoms with Crippen molar-refractivity contribution in [3.63, 3.8) is 0 Å². The van der Waals surface area contributed by atoms with Gasteiger partial charge in [-0.15, -0.1) is 0 Å². The first-order valence-corrected chi connectivity index (χ1v) is 8.65. The average Bonchev–Trinajstić information content (AvgIpc) is 3.30. The summed E-state index contributed by atoms with van der Waals surface area (Å²) in [5.41, 5.74) is 0.747. The number of halogens is 1. The van der Waals surface area contributed by atoms with Crippen LogP contribution in [0, 0.1) is 0 Å². The van der Waals surface area contributed by atoms with Crippen molar-refractivity contribution in [1.82, 2.24) is 25.1 Å². The fourth-order valence-corrected chi connectivity index (χ4v) is 3.37. The van der Waals surface area contributed by atoms with Crippen molar-refractivity contribution >= 4 is 35.1 Å². The Morgan fingerprint density at radius 3 is 2.74 bits per heavy atom. The number of hydrogen-bond acceptors (Lipinski definition) is 8. The van der Waals surface area contributed by atoms with Crippen molar-refractivity contribution in [2.24, 2.45) is 7.05 Å². The molecule has 2 aromatic rings. The molecule has 4 unspecified atom stereocenters. The molecule has 144 valence electrons. The van der Waals surface area contributed by atoms with Gasteiger partial charge in [-0.2, -0.15) is 10.1 Å². The van der Waals surface area contributed by atoms with Gasteiger partial charge in [0.05, 0.1) is 43.4 Å². The van der Waals surface area contributed by atoms with Gasteiger partial charge in [0.1, 0.15) is 17.2 Å². The van der Waals surface area contributed by atoms with E-state index in [4.69, 9.17) is 26.2 Å². The maximum absolute atomic E-state index is 10.9. The van der Waals surface area contributed by atoms with Gasteiger partial charge >= 0.3 is 6.09 Å². The highest BCUT2D eigenvalue weighted by atomic mass is 35.5. The lowest BCUT2D eigenvalue weighted by atomic mass is 10.1. The molecule has 2 aliphatic heterocycles. The standard InChI is InChI=1S/C15H18ClN7O4/c1-23-4-7(2-18-23)19-14-17-3-8(16)13(22-14)20-9-5-26-12-10(21-15(24)25)6-27-11(9)12/h2-4,9-12,21H,5-6H2,1H3,(H,24,25)(H2,17,19,20,22). The lowest BCUT2D eigenvalue weighted by molar-refractivity contribution is 0.0674. The number of rotatable bonds is 5. The van der Waals surface area contributed by atoms with Crippen molar-refractivity contribution in [2.75, 3.05) is 23.8 Å². The molecule has 0 radical (unpaired) electrons. The van der Waals surface area contributed by atoms with E-state index < -0.39 is 12.1 Å². The van der Waals surface area contributed by atoms with E-state index in [0.29, 0.717) is 23.4 Å². The van der Waals surface area contributed by atoms with Gasteiger partial charge in [-0.25, -0.2) is 9.78 Å². The molecule has 1 amide bonds. The summed E-state index contributed by atoms with van der Waals surface area (Å²) in [7, 11) is 1.81. The monoisotopic (exact) mass is 395 g/mol. The molecule has 0 aromatic carbocycles. The largest absolute Gasteiger partial charge is 0.465 e. The van der Waals surface area contributed by atoms with Gasteiger partial charge in [-0.05, 0) is 0 Å². The molecule has 4 atom stereocenters. The van der Waals surface area contributed by atoms with E-state index in [1.165, 1.54) is 6.20 Å². The highest BCUT2D eigenvalue weighted by Crippen LogP contribution is 2.30. The van der Waals surface area contributed by atoms with Crippen molar-refractivity contribution in [1.29, 1.82) is 0 Å². The summed E-state index contributed by atoms with van der Waals surface area (Å²) in [6.07, 6.45) is 3.18. The van der Waals surface area contributed by atoms with Crippen LogP contribution in [0.5, 0.6) is 0 Å². The third kappa shape index (κ3) is 3.75. The van der Waals surface area contributed by atoms with Gasteiger partial charge in [0.2, 0.25) is 5.95 Å². The van der Waals surface area contributed by atoms with Crippen molar-refractivity contribution in [3.05, 3.63) is 23.6 Å². The molecule has 11 nitrogen and oxygen atoms in total. The number of anilines is 3. The predicted molar refractivity (Wildman–Crippen MR) is 95.4 cm³/mol. The van der Waals surface area contributed by atoms with E-state index in [-0.39, 0.29) is 24.9 Å². The lowest BCUT2D eigenvalue weighted by Gasteiger charge is -2.19. The zero-order valence-electron chi connectivity index (χ0n) is 14.3. The number of amides is 1. The van der Waals surface area contributed by atoms with E-state index in [0.717, 1.165) is 5.69 Å². The van der Waals surface area contributed by atoms with Crippen molar-refractivity contribution in [2.45, 2.75) is 24.3 Å². The van der Waals surface area contributed by atoms with Gasteiger partial charge < -0.3 is 30.5 Å². The van der Waals surface area contributed by atoms with Gasteiger partial charge in [-0.3, -0.25) is 4.68 Å². The predicted octanol–water partition coefficient (Wildman–Crippen LogP) is 0.821. The summed E-state index contributed by atoms with van der Waals surface area (Å²) in [6, 6.07) is -0.614. The van der Waals surface area contributed by atoms with E-state index in [1.54, 1.807) is 17.1 Å². The van der Waals surface area contributed by atoms with Gasteiger partial charge in [0.25, 0.3) is 0 Å². The SMILES string of the molecule is Cn1cc(Nc2ncc(Cl)c(NC3COC4C(NC(=O)O)COC34)n2)cn1. The van der Waals surface area contributed by atoms with Crippen LogP contribution in [-0.2, 0) is 16.5 Å². The molecule has 0 aliphatic carbocycles. The maximum Gasteiger partial charge on any atom is 0.405 e. The Morgan fingerprint density at radius 2 is 2.04 bits per heavy atom. The molecule has 2 fully saturated rings. The van der Waals surface area contributed by atoms with E-state index in [1.807, 2.05) is 7.05 Å². The fraction of sp³-hybridized carbons (Fsp3) is 0.467. The van der Waals surface area contributed by atoms with E-state index in [2.05, 4.69) is 31.0 Å². The Labute approximate surface area is 159 Å². The average molecular weight is 396 g/mol. The number of fused-ring (bicyclic) bond motifs is 1. The molecule has 0 bridgehead atoms. The third-order valence-corrected chi connectivity index (χ3v) is 4.67. The molecular formula is C15H18ClN7O4. The summed E-state index contributed by atoms with van der Waals surface area (Å²) in [6.45, 7) is 0.601. The van der Waals surface area contributed by atoms with Crippen LogP contribution in [0.25, 0.3) is 0 Å². The minimum absolute atomic E-state index is 0.214. The highest BCUT2D eigenvalue weighted by Gasteiger charge is 2.48. The van der Waals surface area contributed by atoms with Crippen LogP contribution in [0.2, 0.25) is 5.02 Å². The van der Waals surface area contributed by atoms with Crippen LogP contribution in [-0.4, -0.2) is 68.5 Å². The Balaban J connectivity index is 1.45. The summed E-state index contributed by atoms with van der Waals surface area (Å²) in [5.74, 6) is 0.800. The molecule has 2 saturated heterocycles. The second-order valence-electron chi connectivity index (χ2n) is 6.32. The molecule has 2 aliphatic rings. The molecule has 2 aromatic heterocycles. The number of aryl methyl sites for hydroxylation is 1. The second kappa shape index (κ2) is 7.18. The molecule has 12 heteroatoms. The van der Waals surface area contributed by atoms with Gasteiger partial charge in [0.15, 0.2) is 5.82 Å². The number of carbonyl (C=O) groups is 1. The molecular weight excluding hydrogens is 378 g/mol. The summed E-state index contributed by atoms with van der Waals surface area (Å²) in [4.78, 5) is 19.4. The fourth-order valence-electron chi connectivity index (χ4n) is 3.22. The Morgan fingerprint density at radius 1 is 1.30 bits per heavy atom. The van der Waals surface area contributed by atoms with Gasteiger partial charge in [0, 0.05) is 13.2 Å². The Kier molecular flexibility index (Phi) is 4.72. The van der Waals surface area contributed by atoms with Crippen LogP contribution in [0.4, 0.5) is 22.2 Å². The Bertz CT molecular complexity index is 847.